The summed E-state index contributed by atoms with van der Waals surface area (Å²) in [5, 5.41) is 3.77. The van der Waals surface area contributed by atoms with Crippen LogP contribution in [0.1, 0.15) is 34.5 Å². The highest BCUT2D eigenvalue weighted by molar-refractivity contribution is 5.92. The van der Waals surface area contributed by atoms with Crippen LogP contribution in [-0.4, -0.2) is 41.8 Å². The van der Waals surface area contributed by atoms with Crippen molar-refractivity contribution in [2.24, 2.45) is 0 Å². The molecule has 0 bridgehead atoms. The van der Waals surface area contributed by atoms with Gasteiger partial charge in [0.1, 0.15) is 6.26 Å². The molecule has 1 aliphatic rings. The molecule has 0 aliphatic carbocycles. The topological polar surface area (TPSA) is 55.6 Å². The van der Waals surface area contributed by atoms with Crippen LogP contribution in [0.4, 0.5) is 0 Å². The molecule has 1 atom stereocenters. The zero-order valence-corrected chi connectivity index (χ0v) is 13.4. The van der Waals surface area contributed by atoms with Gasteiger partial charge in [0.25, 0.3) is 5.91 Å². The first-order valence-electron chi connectivity index (χ1n) is 8.09. The lowest BCUT2D eigenvalue weighted by atomic mass is 10.1. The summed E-state index contributed by atoms with van der Waals surface area (Å²) >= 11 is 0. The Kier molecular flexibility index (Phi) is 5.08. The summed E-state index contributed by atoms with van der Waals surface area (Å²) in [5.74, 6) is -0.0960. The van der Waals surface area contributed by atoms with Crippen LogP contribution in [0.3, 0.4) is 0 Å². The highest BCUT2D eigenvalue weighted by Gasteiger charge is 2.24. The van der Waals surface area contributed by atoms with E-state index in [9.17, 15) is 4.79 Å². The van der Waals surface area contributed by atoms with Crippen molar-refractivity contribution >= 4 is 5.91 Å². The fraction of sp³-hybridized carbons (Fsp3) is 0.444. The van der Waals surface area contributed by atoms with Gasteiger partial charge in [-0.2, -0.15) is 0 Å². The first-order valence-corrected chi connectivity index (χ1v) is 8.09. The number of nitrogens with zero attached hydrogens (tertiary/aromatic N) is 2. The third-order valence-corrected chi connectivity index (χ3v) is 4.18. The minimum Gasteiger partial charge on any atom is -0.376 e. The number of rotatable bonds is 6. The van der Waals surface area contributed by atoms with E-state index in [-0.39, 0.29) is 12.0 Å². The van der Waals surface area contributed by atoms with Gasteiger partial charge in [0.2, 0.25) is 0 Å². The Morgan fingerprint density at radius 1 is 1.30 bits per heavy atom. The molecule has 1 fully saturated rings. The molecule has 122 valence electrons. The van der Waals surface area contributed by atoms with Crippen molar-refractivity contribution in [3.8, 4) is 0 Å². The zero-order chi connectivity index (χ0) is 16.1. The van der Waals surface area contributed by atoms with Gasteiger partial charge in [0.15, 0.2) is 5.69 Å². The maximum Gasteiger partial charge on any atom is 0.276 e. The van der Waals surface area contributed by atoms with Gasteiger partial charge >= 0.3 is 0 Å². The molecule has 2 aromatic rings. The third kappa shape index (κ3) is 4.20. The number of amides is 1. The van der Waals surface area contributed by atoms with Crippen molar-refractivity contribution in [2.45, 2.75) is 32.3 Å². The van der Waals surface area contributed by atoms with E-state index >= 15 is 0 Å². The summed E-state index contributed by atoms with van der Waals surface area (Å²) in [5.41, 5.74) is 2.82. The Labute approximate surface area is 136 Å². The predicted molar refractivity (Wildman–Crippen MR) is 86.3 cm³/mol. The summed E-state index contributed by atoms with van der Waals surface area (Å²) in [6, 6.07) is 10.0. The van der Waals surface area contributed by atoms with Crippen molar-refractivity contribution in [3.05, 3.63) is 53.4 Å². The van der Waals surface area contributed by atoms with Crippen LogP contribution in [0, 0.1) is 6.92 Å². The van der Waals surface area contributed by atoms with E-state index in [1.54, 1.807) is 6.07 Å². The summed E-state index contributed by atoms with van der Waals surface area (Å²) < 4.78 is 10.5. The third-order valence-electron chi connectivity index (χ3n) is 4.18. The Bertz CT molecular complexity index is 616. The maximum absolute atomic E-state index is 12.6. The molecule has 0 unspecified atom stereocenters. The SMILES string of the molecule is Cc1ccc(CCN(C[C@H]2CCCO2)C(=O)c2ccon2)cc1. The van der Waals surface area contributed by atoms with Crippen molar-refractivity contribution < 1.29 is 14.1 Å². The van der Waals surface area contributed by atoms with Gasteiger partial charge in [0, 0.05) is 25.8 Å². The minimum atomic E-state index is -0.0960. The second-order valence-electron chi connectivity index (χ2n) is 6.01. The van der Waals surface area contributed by atoms with Gasteiger partial charge in [-0.1, -0.05) is 35.0 Å². The number of hydrogen-bond acceptors (Lipinski definition) is 4. The van der Waals surface area contributed by atoms with E-state index in [4.69, 9.17) is 9.26 Å². The van der Waals surface area contributed by atoms with Gasteiger partial charge in [-0.3, -0.25) is 4.79 Å². The fourth-order valence-electron chi connectivity index (χ4n) is 2.81. The fourth-order valence-corrected chi connectivity index (χ4v) is 2.81. The Balaban J connectivity index is 1.66. The standard InChI is InChI=1S/C18H22N2O3/c1-14-4-6-15(7-5-14)8-10-20(13-16-3-2-11-22-16)18(21)17-9-12-23-19-17/h4-7,9,12,16H,2-3,8,10-11,13H2,1H3/t16-/m1/s1. The second kappa shape index (κ2) is 7.42. The minimum absolute atomic E-state index is 0.0960. The molecule has 0 spiro atoms. The molecule has 5 heteroatoms. The van der Waals surface area contributed by atoms with E-state index < -0.39 is 0 Å². The molecule has 3 rings (SSSR count). The number of aryl methyl sites for hydroxylation is 1. The molecule has 0 N–H and O–H groups in total. The molecule has 23 heavy (non-hydrogen) atoms. The molecule has 5 nitrogen and oxygen atoms in total. The highest BCUT2D eigenvalue weighted by atomic mass is 16.5. The molecule has 2 heterocycles. The number of benzene rings is 1. The van der Waals surface area contributed by atoms with Crippen LogP contribution in [-0.2, 0) is 11.2 Å². The lowest BCUT2D eigenvalue weighted by Crippen LogP contribution is -2.39. The van der Waals surface area contributed by atoms with Gasteiger partial charge in [-0.25, -0.2) is 0 Å². The molecule has 1 amide bonds. The Hall–Kier alpha value is -2.14. The lowest BCUT2D eigenvalue weighted by Gasteiger charge is -2.24. The number of ether oxygens (including phenoxy) is 1. The molecule has 1 saturated heterocycles. The number of carbonyl (C=O) groups excluding carboxylic acids is 1. The Morgan fingerprint density at radius 3 is 2.78 bits per heavy atom. The molecular formula is C18H22N2O3. The second-order valence-corrected chi connectivity index (χ2v) is 6.01. The van der Waals surface area contributed by atoms with Crippen molar-refractivity contribution in [3.63, 3.8) is 0 Å². The molecule has 0 saturated carbocycles. The van der Waals surface area contributed by atoms with Crippen LogP contribution in [0.2, 0.25) is 0 Å². The number of carbonyl (C=O) groups is 1. The van der Waals surface area contributed by atoms with Crippen LogP contribution in [0.25, 0.3) is 0 Å². The summed E-state index contributed by atoms with van der Waals surface area (Å²) in [7, 11) is 0. The van der Waals surface area contributed by atoms with Crippen molar-refractivity contribution in [1.29, 1.82) is 0 Å². The number of hydrogen-bond donors (Lipinski definition) is 0. The predicted octanol–water partition coefficient (Wildman–Crippen LogP) is 2.85. The molecular weight excluding hydrogens is 292 g/mol. The first kappa shape index (κ1) is 15.7. The average Bonchev–Trinajstić information content (AvgIpc) is 3.26. The first-order chi connectivity index (χ1) is 11.2. The monoisotopic (exact) mass is 314 g/mol. The van der Waals surface area contributed by atoms with Crippen LogP contribution >= 0.6 is 0 Å². The van der Waals surface area contributed by atoms with Crippen LogP contribution < -0.4 is 0 Å². The van der Waals surface area contributed by atoms with E-state index in [0.29, 0.717) is 18.8 Å². The van der Waals surface area contributed by atoms with Crippen LogP contribution in [0.5, 0.6) is 0 Å². The normalized spacial score (nSPS) is 17.3. The molecule has 1 aromatic heterocycles. The van der Waals surface area contributed by atoms with E-state index in [1.165, 1.54) is 17.4 Å². The van der Waals surface area contributed by atoms with Crippen molar-refractivity contribution in [1.82, 2.24) is 10.1 Å². The summed E-state index contributed by atoms with van der Waals surface area (Å²) in [4.78, 5) is 14.4. The highest BCUT2D eigenvalue weighted by Crippen LogP contribution is 2.15. The molecule has 0 radical (unpaired) electrons. The van der Waals surface area contributed by atoms with E-state index in [1.807, 2.05) is 4.90 Å². The van der Waals surface area contributed by atoms with Crippen molar-refractivity contribution in [2.75, 3.05) is 19.7 Å². The van der Waals surface area contributed by atoms with Gasteiger partial charge in [0.05, 0.1) is 6.10 Å². The summed E-state index contributed by atoms with van der Waals surface area (Å²) in [6.07, 6.45) is 4.44. The maximum atomic E-state index is 12.6. The largest absolute Gasteiger partial charge is 0.376 e. The average molecular weight is 314 g/mol. The smallest absolute Gasteiger partial charge is 0.276 e. The Morgan fingerprint density at radius 2 is 2.13 bits per heavy atom. The molecule has 1 aromatic carbocycles. The van der Waals surface area contributed by atoms with Crippen LogP contribution in [0.15, 0.2) is 41.1 Å². The quantitative estimate of drug-likeness (QED) is 0.823. The zero-order valence-electron chi connectivity index (χ0n) is 13.4. The lowest BCUT2D eigenvalue weighted by molar-refractivity contribution is 0.0521. The van der Waals surface area contributed by atoms with E-state index in [2.05, 4.69) is 36.3 Å². The van der Waals surface area contributed by atoms with Gasteiger partial charge < -0.3 is 14.2 Å². The number of aromatic nitrogens is 1. The molecule has 1 aliphatic heterocycles. The van der Waals surface area contributed by atoms with Gasteiger partial charge in [-0.05, 0) is 31.7 Å². The van der Waals surface area contributed by atoms with Gasteiger partial charge in [-0.15, -0.1) is 0 Å². The summed E-state index contributed by atoms with van der Waals surface area (Å²) in [6.45, 7) is 4.11. The van der Waals surface area contributed by atoms with E-state index in [0.717, 1.165) is 25.9 Å².